The van der Waals surface area contributed by atoms with Crippen LogP contribution in [0.2, 0.25) is 0 Å². The molecule has 126 valence electrons. The Hall–Kier alpha value is -3.22. The Kier molecular flexibility index (Phi) is 5.62. The lowest BCUT2D eigenvalue weighted by Gasteiger charge is -2.13. The molecule has 0 saturated carbocycles. The number of esters is 1. The van der Waals surface area contributed by atoms with E-state index < -0.39 is 11.9 Å². The highest BCUT2D eigenvalue weighted by Crippen LogP contribution is 2.33. The van der Waals surface area contributed by atoms with Crippen LogP contribution >= 0.6 is 0 Å². The van der Waals surface area contributed by atoms with Crippen LogP contribution in [0.3, 0.4) is 0 Å². The van der Waals surface area contributed by atoms with Gasteiger partial charge in [-0.2, -0.15) is 0 Å². The minimum Gasteiger partial charge on any atom is -0.493 e. The van der Waals surface area contributed by atoms with Crippen molar-refractivity contribution in [1.82, 2.24) is 0 Å². The molecule has 0 fully saturated rings. The van der Waals surface area contributed by atoms with Crippen molar-refractivity contribution in [2.45, 2.75) is 0 Å². The molecule has 1 aromatic heterocycles. The Labute approximate surface area is 138 Å². The second-order valence-electron chi connectivity index (χ2n) is 4.58. The van der Waals surface area contributed by atoms with Gasteiger partial charge in [0.15, 0.2) is 11.5 Å². The van der Waals surface area contributed by atoms with Crippen molar-refractivity contribution < 1.29 is 28.2 Å². The molecule has 2 rings (SSSR count). The molecule has 24 heavy (non-hydrogen) atoms. The predicted molar refractivity (Wildman–Crippen MR) is 87.3 cm³/mol. The molecule has 1 aromatic carbocycles. The molecule has 7 nitrogen and oxygen atoms in total. The van der Waals surface area contributed by atoms with Gasteiger partial charge in [0, 0.05) is 18.2 Å². The van der Waals surface area contributed by atoms with Crippen molar-refractivity contribution in [3.8, 4) is 11.5 Å². The van der Waals surface area contributed by atoms with Crippen molar-refractivity contribution in [2.24, 2.45) is 0 Å². The first-order valence-corrected chi connectivity index (χ1v) is 6.96. The van der Waals surface area contributed by atoms with Crippen LogP contribution < -0.4 is 14.8 Å². The van der Waals surface area contributed by atoms with E-state index >= 15 is 0 Å². The highest BCUT2D eigenvalue weighted by molar-refractivity contribution is 6.06. The number of carbonyl (C=O) groups excluding carboxylic acids is 2. The van der Waals surface area contributed by atoms with Crippen LogP contribution in [0.15, 0.2) is 41.0 Å². The van der Waals surface area contributed by atoms with Crippen LogP contribution in [0.5, 0.6) is 11.5 Å². The van der Waals surface area contributed by atoms with E-state index in [-0.39, 0.29) is 11.3 Å². The molecule has 0 aliphatic heterocycles. The number of hydrogen-bond donors (Lipinski definition) is 1. The fraction of sp³-hybridized carbons (Fsp3) is 0.176. The summed E-state index contributed by atoms with van der Waals surface area (Å²) in [4.78, 5) is 24.0. The van der Waals surface area contributed by atoms with Crippen molar-refractivity contribution in [3.05, 3.63) is 47.9 Å². The molecule has 0 unspecified atom stereocenters. The maximum atomic E-state index is 12.1. The number of anilines is 1. The average molecular weight is 331 g/mol. The summed E-state index contributed by atoms with van der Waals surface area (Å²) in [7, 11) is 4.16. The second-order valence-corrected chi connectivity index (χ2v) is 4.58. The summed E-state index contributed by atoms with van der Waals surface area (Å²) in [6.07, 6.45) is 4.30. The van der Waals surface area contributed by atoms with Crippen LogP contribution in [0.4, 0.5) is 5.69 Å². The summed E-state index contributed by atoms with van der Waals surface area (Å²) in [6, 6.07) is 6.35. The lowest BCUT2D eigenvalue weighted by molar-refractivity contribution is -0.111. The van der Waals surface area contributed by atoms with Crippen molar-refractivity contribution >= 4 is 23.6 Å². The van der Waals surface area contributed by atoms with Crippen LogP contribution in [0.1, 0.15) is 16.1 Å². The first-order chi connectivity index (χ1) is 11.6. The minimum absolute atomic E-state index is 0.148. The molecule has 1 heterocycles. The standard InChI is InChI=1S/C17H17NO6/c1-21-14-9-12(17(20)23-3)13(10-15(14)22-2)18-16(19)7-6-11-5-4-8-24-11/h4-10H,1-3H3,(H,18,19)/b7-6+. The number of furan rings is 1. The molecule has 0 aliphatic rings. The first-order valence-electron chi connectivity index (χ1n) is 6.96. The first kappa shape index (κ1) is 17.1. The summed E-state index contributed by atoms with van der Waals surface area (Å²) in [5.41, 5.74) is 0.392. The molecule has 0 spiro atoms. The predicted octanol–water partition coefficient (Wildman–Crippen LogP) is 2.74. The monoisotopic (exact) mass is 331 g/mol. The van der Waals surface area contributed by atoms with E-state index in [1.54, 1.807) is 12.1 Å². The molecule has 0 radical (unpaired) electrons. The van der Waals surface area contributed by atoms with Crippen LogP contribution in [-0.4, -0.2) is 33.2 Å². The number of amides is 1. The van der Waals surface area contributed by atoms with Crippen molar-refractivity contribution in [1.29, 1.82) is 0 Å². The zero-order valence-electron chi connectivity index (χ0n) is 13.5. The maximum Gasteiger partial charge on any atom is 0.340 e. The number of methoxy groups -OCH3 is 3. The summed E-state index contributed by atoms with van der Waals surface area (Å²) < 4.78 is 20.2. The highest BCUT2D eigenvalue weighted by atomic mass is 16.5. The molecule has 0 saturated heterocycles. The molecular weight excluding hydrogens is 314 g/mol. The summed E-state index contributed by atoms with van der Waals surface area (Å²) >= 11 is 0. The Morgan fingerprint density at radius 3 is 2.42 bits per heavy atom. The normalized spacial score (nSPS) is 10.5. The Balaban J connectivity index is 2.29. The van der Waals surface area contributed by atoms with Gasteiger partial charge >= 0.3 is 5.97 Å². The molecule has 0 bridgehead atoms. The number of carbonyl (C=O) groups is 2. The third-order valence-electron chi connectivity index (χ3n) is 3.13. The number of hydrogen-bond acceptors (Lipinski definition) is 6. The van der Waals surface area contributed by atoms with E-state index in [1.165, 1.54) is 51.9 Å². The summed E-state index contributed by atoms with van der Waals surface area (Å²) in [5.74, 6) is 0.202. The van der Waals surface area contributed by atoms with Gasteiger partial charge in [-0.15, -0.1) is 0 Å². The van der Waals surface area contributed by atoms with Gasteiger partial charge in [0.2, 0.25) is 5.91 Å². The highest BCUT2D eigenvalue weighted by Gasteiger charge is 2.18. The van der Waals surface area contributed by atoms with E-state index in [0.717, 1.165) is 0 Å². The van der Waals surface area contributed by atoms with Gasteiger partial charge in [0.05, 0.1) is 38.8 Å². The zero-order valence-corrected chi connectivity index (χ0v) is 13.5. The minimum atomic E-state index is -0.610. The van der Waals surface area contributed by atoms with E-state index in [4.69, 9.17) is 18.6 Å². The topological polar surface area (TPSA) is 87.0 Å². The Morgan fingerprint density at radius 2 is 1.83 bits per heavy atom. The molecule has 0 atom stereocenters. The van der Waals surface area contributed by atoms with Crippen molar-refractivity contribution in [3.63, 3.8) is 0 Å². The number of nitrogens with one attached hydrogen (secondary N) is 1. The molecule has 2 aromatic rings. The van der Waals surface area contributed by atoms with Gasteiger partial charge in [0.1, 0.15) is 5.76 Å². The fourth-order valence-corrected chi connectivity index (χ4v) is 1.98. The smallest absolute Gasteiger partial charge is 0.340 e. The number of rotatable bonds is 6. The van der Waals surface area contributed by atoms with E-state index in [1.807, 2.05) is 0 Å². The van der Waals surface area contributed by atoms with Gasteiger partial charge in [0.25, 0.3) is 0 Å². The average Bonchev–Trinajstić information content (AvgIpc) is 3.12. The molecule has 0 aliphatic carbocycles. The zero-order chi connectivity index (χ0) is 17.5. The Bertz CT molecular complexity index is 749. The largest absolute Gasteiger partial charge is 0.493 e. The van der Waals surface area contributed by atoms with Gasteiger partial charge in [-0.05, 0) is 18.2 Å². The lowest BCUT2D eigenvalue weighted by atomic mass is 10.1. The SMILES string of the molecule is COC(=O)c1cc(OC)c(OC)cc1NC(=O)/C=C/c1ccco1. The number of benzene rings is 1. The van der Waals surface area contributed by atoms with Gasteiger partial charge in [-0.1, -0.05) is 0 Å². The quantitative estimate of drug-likeness (QED) is 0.647. The van der Waals surface area contributed by atoms with Gasteiger partial charge < -0.3 is 23.9 Å². The molecule has 1 N–H and O–H groups in total. The summed E-state index contributed by atoms with van der Waals surface area (Å²) in [6.45, 7) is 0. The third-order valence-corrected chi connectivity index (χ3v) is 3.13. The Morgan fingerprint density at radius 1 is 1.12 bits per heavy atom. The number of ether oxygens (including phenoxy) is 3. The molecule has 1 amide bonds. The third kappa shape index (κ3) is 3.95. The fourth-order valence-electron chi connectivity index (χ4n) is 1.98. The molecular formula is C17H17NO6. The van der Waals surface area contributed by atoms with Crippen LogP contribution in [-0.2, 0) is 9.53 Å². The lowest BCUT2D eigenvalue weighted by Crippen LogP contribution is -2.13. The van der Waals surface area contributed by atoms with E-state index in [2.05, 4.69) is 5.32 Å². The summed E-state index contributed by atoms with van der Waals surface area (Å²) in [5, 5.41) is 2.61. The van der Waals surface area contributed by atoms with Crippen LogP contribution in [0.25, 0.3) is 6.08 Å². The van der Waals surface area contributed by atoms with E-state index in [9.17, 15) is 9.59 Å². The van der Waals surface area contributed by atoms with E-state index in [0.29, 0.717) is 17.3 Å². The second kappa shape index (κ2) is 7.87. The van der Waals surface area contributed by atoms with Gasteiger partial charge in [-0.25, -0.2) is 4.79 Å². The van der Waals surface area contributed by atoms with Crippen LogP contribution in [0, 0.1) is 0 Å². The molecule has 7 heteroatoms. The maximum absolute atomic E-state index is 12.1. The van der Waals surface area contributed by atoms with Crippen molar-refractivity contribution in [2.75, 3.05) is 26.6 Å². The van der Waals surface area contributed by atoms with Gasteiger partial charge in [-0.3, -0.25) is 4.79 Å².